The lowest BCUT2D eigenvalue weighted by atomic mass is 9.60. The highest BCUT2D eigenvalue weighted by Gasteiger charge is 2.52. The number of carbonyl (C=O) groups excluding carboxylic acids is 5. The van der Waals surface area contributed by atoms with Crippen molar-refractivity contribution in [1.82, 2.24) is 0 Å². The molecule has 0 bridgehead atoms. The minimum absolute atomic E-state index is 0.0477. The molecule has 2 unspecified atom stereocenters. The van der Waals surface area contributed by atoms with Gasteiger partial charge in [0.25, 0.3) is 0 Å². The Morgan fingerprint density at radius 1 is 0.435 bits per heavy atom. The smallest absolute Gasteiger partial charge is 0.324 e. The topological polar surface area (TPSA) is 113 Å². The molecule has 0 N–H and O–H groups in total. The average molecular weight is 839 g/mol. The molecule has 3 heterocycles. The van der Waals surface area contributed by atoms with Crippen LogP contribution in [0.1, 0.15) is 126 Å². The average Bonchev–Trinajstić information content (AvgIpc) is 3.86. The number of rotatable bonds is 6. The first-order chi connectivity index (χ1) is 29.9. The van der Waals surface area contributed by atoms with Gasteiger partial charge in [-0.15, -0.1) is 0 Å². The number of carbonyl (C=O) groups is 5. The van der Waals surface area contributed by atoms with Crippen LogP contribution >= 0.6 is 0 Å². The molecule has 4 aromatic rings. The zero-order valence-corrected chi connectivity index (χ0v) is 36.5. The summed E-state index contributed by atoms with van der Waals surface area (Å²) >= 11 is 0. The van der Waals surface area contributed by atoms with Gasteiger partial charge in [0.05, 0.1) is 5.41 Å². The minimum Gasteiger partial charge on any atom is -0.464 e. The number of ketones is 2. The van der Waals surface area contributed by atoms with E-state index < -0.39 is 5.41 Å². The highest BCUT2D eigenvalue weighted by Crippen LogP contribution is 2.50. The van der Waals surface area contributed by atoms with Gasteiger partial charge < -0.3 is 14.2 Å². The van der Waals surface area contributed by atoms with Crippen LogP contribution in [0.4, 0.5) is 0 Å². The Morgan fingerprint density at radius 2 is 0.855 bits per heavy atom. The third-order valence-electron chi connectivity index (χ3n) is 14.7. The molecule has 7 aliphatic rings. The highest BCUT2D eigenvalue weighted by atomic mass is 16.6. The molecule has 0 radical (unpaired) electrons. The number of cyclic esters (lactones) is 3. The van der Waals surface area contributed by atoms with Crippen molar-refractivity contribution in [3.63, 3.8) is 0 Å². The van der Waals surface area contributed by atoms with Gasteiger partial charge in [-0.05, 0) is 87.5 Å². The number of hydrogen-bond donors (Lipinski definition) is 0. The van der Waals surface area contributed by atoms with Crippen LogP contribution in [-0.4, -0.2) is 49.3 Å². The van der Waals surface area contributed by atoms with Crippen LogP contribution in [0.3, 0.4) is 0 Å². The highest BCUT2D eigenvalue weighted by molar-refractivity contribution is 5.93. The van der Waals surface area contributed by atoms with E-state index in [4.69, 9.17) is 14.2 Å². The fraction of sp³-hybridized carbons (Fsp3) is 0.463. The van der Waals surface area contributed by atoms with E-state index in [1.54, 1.807) is 0 Å². The van der Waals surface area contributed by atoms with E-state index in [1.165, 1.54) is 76.2 Å². The van der Waals surface area contributed by atoms with Crippen molar-refractivity contribution in [2.75, 3.05) is 19.8 Å². The van der Waals surface area contributed by atoms with Crippen molar-refractivity contribution < 1.29 is 38.2 Å². The van der Waals surface area contributed by atoms with E-state index in [0.29, 0.717) is 31.4 Å². The van der Waals surface area contributed by atoms with Crippen LogP contribution in [0.25, 0.3) is 0 Å². The van der Waals surface area contributed by atoms with E-state index >= 15 is 0 Å². The Balaban J connectivity index is 0.000000119. The summed E-state index contributed by atoms with van der Waals surface area (Å²) in [6, 6.07) is 39.6. The SMILES string of the molecule is CC1(CCc2ccccc2)COC1=O.CC1(c2ccccc2)COC1=O.O=C1CCC12CCCC2.O=C1CCC12CCCCC2.O=C1OCC1(c1ccccc1)c1ccccc1. The predicted octanol–water partition coefficient (Wildman–Crippen LogP) is 10.4. The summed E-state index contributed by atoms with van der Waals surface area (Å²) < 4.78 is 14.6. The van der Waals surface area contributed by atoms with Crippen molar-refractivity contribution >= 4 is 29.5 Å². The summed E-state index contributed by atoms with van der Waals surface area (Å²) in [6.07, 6.45) is 17.3. The summed E-state index contributed by atoms with van der Waals surface area (Å²) in [5.74, 6) is 0.796. The van der Waals surface area contributed by atoms with E-state index in [-0.39, 0.29) is 39.6 Å². The largest absolute Gasteiger partial charge is 0.464 e. The second-order valence-corrected chi connectivity index (χ2v) is 18.8. The molecule has 8 nitrogen and oxygen atoms in total. The van der Waals surface area contributed by atoms with E-state index in [0.717, 1.165) is 42.4 Å². The van der Waals surface area contributed by atoms with E-state index in [1.807, 2.05) is 123 Å². The lowest BCUT2D eigenvalue weighted by molar-refractivity contribution is -0.183. The zero-order chi connectivity index (χ0) is 43.7. The first-order valence-electron chi connectivity index (χ1n) is 22.7. The molecule has 2 atom stereocenters. The van der Waals surface area contributed by atoms with Crippen molar-refractivity contribution in [3.05, 3.63) is 144 Å². The molecule has 8 heteroatoms. The van der Waals surface area contributed by atoms with Crippen LogP contribution in [0, 0.1) is 16.2 Å². The molecule has 3 saturated heterocycles. The van der Waals surface area contributed by atoms with Crippen LogP contribution in [0.5, 0.6) is 0 Å². The zero-order valence-electron chi connectivity index (χ0n) is 36.5. The maximum atomic E-state index is 11.9. The predicted molar refractivity (Wildman–Crippen MR) is 238 cm³/mol. The maximum Gasteiger partial charge on any atom is 0.324 e. The minimum atomic E-state index is -0.595. The fourth-order valence-corrected chi connectivity index (χ4v) is 9.76. The number of aryl methyl sites for hydroxylation is 1. The Hall–Kier alpha value is -5.37. The third-order valence-corrected chi connectivity index (χ3v) is 14.7. The van der Waals surface area contributed by atoms with Crippen LogP contribution in [0.2, 0.25) is 0 Å². The first-order valence-corrected chi connectivity index (χ1v) is 22.7. The molecular formula is C54H62O8. The van der Waals surface area contributed by atoms with Gasteiger partial charge in [0.15, 0.2) is 5.41 Å². The van der Waals surface area contributed by atoms with Gasteiger partial charge in [0.1, 0.15) is 36.8 Å². The number of hydrogen-bond acceptors (Lipinski definition) is 8. The molecule has 4 aliphatic carbocycles. The van der Waals surface area contributed by atoms with Crippen molar-refractivity contribution in [3.8, 4) is 0 Å². The van der Waals surface area contributed by atoms with E-state index in [9.17, 15) is 24.0 Å². The molecule has 0 aromatic heterocycles. The van der Waals surface area contributed by atoms with Crippen molar-refractivity contribution in [1.29, 1.82) is 0 Å². The number of ether oxygens (including phenoxy) is 3. The summed E-state index contributed by atoms with van der Waals surface area (Å²) in [5, 5.41) is 0. The first kappa shape index (κ1) is 44.7. The Kier molecular flexibility index (Phi) is 13.9. The van der Waals surface area contributed by atoms with Gasteiger partial charge in [-0.25, -0.2) is 0 Å². The number of esters is 3. The summed E-state index contributed by atoms with van der Waals surface area (Å²) in [5.41, 5.74) is 3.58. The normalized spacial score (nSPS) is 25.1. The summed E-state index contributed by atoms with van der Waals surface area (Å²) in [7, 11) is 0. The van der Waals surface area contributed by atoms with Crippen LogP contribution in [-0.2, 0) is 55.4 Å². The molecule has 62 heavy (non-hydrogen) atoms. The van der Waals surface area contributed by atoms with Gasteiger partial charge >= 0.3 is 17.9 Å². The fourth-order valence-electron chi connectivity index (χ4n) is 9.76. The second kappa shape index (κ2) is 19.3. The second-order valence-electron chi connectivity index (χ2n) is 18.8. The lowest BCUT2D eigenvalue weighted by Gasteiger charge is -2.42. The number of benzene rings is 4. The van der Waals surface area contributed by atoms with Gasteiger partial charge in [-0.2, -0.15) is 0 Å². The monoisotopic (exact) mass is 838 g/mol. The molecule has 4 saturated carbocycles. The molecule has 4 aromatic carbocycles. The summed E-state index contributed by atoms with van der Waals surface area (Å²) in [4.78, 5) is 56.5. The van der Waals surface area contributed by atoms with Gasteiger partial charge in [-0.1, -0.05) is 153 Å². The van der Waals surface area contributed by atoms with Crippen LogP contribution < -0.4 is 0 Å². The van der Waals surface area contributed by atoms with Crippen molar-refractivity contribution in [2.45, 2.75) is 121 Å². The molecule has 3 aliphatic heterocycles. The molecule has 11 rings (SSSR count). The quantitative estimate of drug-likeness (QED) is 0.139. The Labute approximate surface area is 367 Å². The maximum absolute atomic E-state index is 11.9. The Morgan fingerprint density at radius 3 is 1.15 bits per heavy atom. The molecule has 326 valence electrons. The lowest BCUT2D eigenvalue weighted by Crippen LogP contribution is -2.52. The van der Waals surface area contributed by atoms with Crippen LogP contribution in [0.15, 0.2) is 121 Å². The molecule has 2 spiro atoms. The van der Waals surface area contributed by atoms with Gasteiger partial charge in [0.2, 0.25) is 0 Å². The number of Topliss-reactive ketones (excluding diaryl/α,β-unsaturated/α-hetero) is 2. The molecular weight excluding hydrogens is 777 g/mol. The Bertz CT molecular complexity index is 2120. The standard InChI is InChI=1S/C15H12O2.C12H14O2.C10H10O2.C9H14O.C8H12O/c16-14-15(11-17-14,12-7-3-1-4-8-12)13-9-5-2-6-10-13;1-12(9-14-11(12)13)8-7-10-5-3-2-4-6-10;1-10(7-12-9(10)11)8-5-3-2-4-6-8;10-8-4-7-9(8)5-2-1-3-6-9;9-7-3-6-8(7)4-1-2-5-8/h1-10H,11H2;2-6H,7-9H2,1H3;2-6H,7H2,1H3;1-7H2;1-6H2. The van der Waals surface area contributed by atoms with E-state index in [2.05, 4.69) is 12.1 Å². The third kappa shape index (κ3) is 9.35. The van der Waals surface area contributed by atoms with Gasteiger partial charge in [0, 0.05) is 23.7 Å². The van der Waals surface area contributed by atoms with Crippen molar-refractivity contribution in [2.24, 2.45) is 16.2 Å². The van der Waals surface area contributed by atoms with Gasteiger partial charge in [-0.3, -0.25) is 24.0 Å². The molecule has 7 fully saturated rings. The molecule has 0 amide bonds. The summed E-state index contributed by atoms with van der Waals surface area (Å²) in [6.45, 7) is 5.41.